The van der Waals surface area contributed by atoms with Gasteiger partial charge in [-0.15, -0.1) is 0 Å². The molecule has 0 bridgehead atoms. The number of benzene rings is 1. The van der Waals surface area contributed by atoms with Gasteiger partial charge in [-0.2, -0.15) is 0 Å². The molecule has 2 N–H and O–H groups in total. The topological polar surface area (TPSA) is 26.0 Å². The Morgan fingerprint density at radius 3 is 2.70 bits per heavy atom. The van der Waals surface area contributed by atoms with Gasteiger partial charge in [0, 0.05) is 0 Å². The number of aryl methyl sites for hydroxylation is 1. The lowest BCUT2D eigenvalue weighted by atomic mass is 9.68. The van der Waals surface area contributed by atoms with E-state index in [1.807, 2.05) is 0 Å². The second-order valence-electron chi connectivity index (χ2n) is 6.91. The average molecular weight is 273 g/mol. The predicted octanol–water partition coefficient (Wildman–Crippen LogP) is 4.75. The second-order valence-corrected chi connectivity index (χ2v) is 6.91. The minimum Gasteiger partial charge on any atom is -0.330 e. The lowest BCUT2D eigenvalue weighted by molar-refractivity contribution is 0.197. The van der Waals surface area contributed by atoms with Gasteiger partial charge in [0.2, 0.25) is 0 Å². The summed E-state index contributed by atoms with van der Waals surface area (Å²) in [6.45, 7) is 7.84. The van der Waals surface area contributed by atoms with Crippen LogP contribution in [-0.2, 0) is 6.42 Å². The van der Waals surface area contributed by atoms with Gasteiger partial charge in [0.05, 0.1) is 0 Å². The highest BCUT2D eigenvalue weighted by Gasteiger charge is 2.31. The molecule has 2 rings (SSSR count). The smallest absolute Gasteiger partial charge is 0.00430 e. The van der Waals surface area contributed by atoms with Crippen LogP contribution in [0.3, 0.4) is 0 Å². The molecule has 3 atom stereocenters. The van der Waals surface area contributed by atoms with E-state index in [4.69, 9.17) is 5.73 Å². The average Bonchev–Trinajstić information content (AvgIpc) is 2.47. The Balaban J connectivity index is 2.19. The molecule has 1 aliphatic rings. The zero-order valence-corrected chi connectivity index (χ0v) is 13.4. The fourth-order valence-corrected chi connectivity index (χ4v) is 3.83. The van der Waals surface area contributed by atoms with Crippen molar-refractivity contribution in [1.29, 1.82) is 0 Å². The van der Waals surface area contributed by atoms with E-state index < -0.39 is 0 Å². The minimum absolute atomic E-state index is 0.679. The second kappa shape index (κ2) is 7.26. The molecule has 1 heteroatoms. The van der Waals surface area contributed by atoms with Gasteiger partial charge in [-0.3, -0.25) is 0 Å². The van der Waals surface area contributed by atoms with E-state index in [0.717, 1.165) is 18.4 Å². The highest BCUT2D eigenvalue weighted by molar-refractivity contribution is 5.27. The molecule has 0 aromatic heterocycles. The zero-order valence-electron chi connectivity index (χ0n) is 13.4. The highest BCUT2D eigenvalue weighted by atomic mass is 14.6. The van der Waals surface area contributed by atoms with Gasteiger partial charge in [0.1, 0.15) is 0 Å². The zero-order chi connectivity index (χ0) is 14.5. The van der Waals surface area contributed by atoms with E-state index in [-0.39, 0.29) is 0 Å². The molecule has 0 radical (unpaired) electrons. The first kappa shape index (κ1) is 15.6. The standard InChI is InChI=1S/C19H31N/c1-4-6-15-7-5-8-17(11-15)19-12-16(14(2)3)9-10-18(19)13-20/h5,7-8,11,14,16,18-19H,4,6,9-10,12-13,20H2,1-3H3. The monoisotopic (exact) mass is 273 g/mol. The highest BCUT2D eigenvalue weighted by Crippen LogP contribution is 2.42. The Kier molecular flexibility index (Phi) is 5.65. The fraction of sp³-hybridized carbons (Fsp3) is 0.684. The Morgan fingerprint density at radius 2 is 2.05 bits per heavy atom. The van der Waals surface area contributed by atoms with Crippen molar-refractivity contribution >= 4 is 0 Å². The molecule has 1 aromatic rings. The van der Waals surface area contributed by atoms with Crippen LogP contribution < -0.4 is 5.73 Å². The van der Waals surface area contributed by atoms with E-state index in [1.54, 1.807) is 0 Å². The number of hydrogen-bond acceptors (Lipinski definition) is 1. The number of nitrogens with two attached hydrogens (primary N) is 1. The van der Waals surface area contributed by atoms with Crippen LogP contribution in [0.25, 0.3) is 0 Å². The summed E-state index contributed by atoms with van der Waals surface area (Å²) in [5.74, 6) is 3.03. The van der Waals surface area contributed by atoms with Crippen molar-refractivity contribution in [3.8, 4) is 0 Å². The Morgan fingerprint density at radius 1 is 1.25 bits per heavy atom. The van der Waals surface area contributed by atoms with Crippen LogP contribution >= 0.6 is 0 Å². The maximum absolute atomic E-state index is 6.05. The first-order chi connectivity index (χ1) is 9.65. The molecule has 0 spiro atoms. The van der Waals surface area contributed by atoms with Crippen LogP contribution in [0.5, 0.6) is 0 Å². The quantitative estimate of drug-likeness (QED) is 0.823. The third-order valence-electron chi connectivity index (χ3n) is 5.20. The minimum atomic E-state index is 0.679. The van der Waals surface area contributed by atoms with E-state index >= 15 is 0 Å². The molecule has 1 aliphatic carbocycles. The van der Waals surface area contributed by atoms with E-state index in [2.05, 4.69) is 45.0 Å². The van der Waals surface area contributed by atoms with Crippen LogP contribution in [0.4, 0.5) is 0 Å². The molecule has 1 saturated carbocycles. The van der Waals surface area contributed by atoms with Crippen LogP contribution in [0.15, 0.2) is 24.3 Å². The summed E-state index contributed by atoms with van der Waals surface area (Å²) in [6.07, 6.45) is 6.42. The normalized spacial score (nSPS) is 26.9. The predicted molar refractivity (Wildman–Crippen MR) is 87.9 cm³/mol. The fourth-order valence-electron chi connectivity index (χ4n) is 3.83. The SMILES string of the molecule is CCCc1cccc(C2CC(C(C)C)CCC2CN)c1. The molecular formula is C19H31N. The van der Waals surface area contributed by atoms with Crippen molar-refractivity contribution in [2.45, 2.75) is 58.8 Å². The summed E-state index contributed by atoms with van der Waals surface area (Å²) in [6, 6.07) is 9.29. The van der Waals surface area contributed by atoms with Crippen molar-refractivity contribution in [3.05, 3.63) is 35.4 Å². The van der Waals surface area contributed by atoms with Gasteiger partial charge in [-0.1, -0.05) is 51.5 Å². The largest absolute Gasteiger partial charge is 0.330 e. The Labute approximate surface area is 125 Å². The first-order valence-electron chi connectivity index (χ1n) is 8.44. The lowest BCUT2D eigenvalue weighted by Gasteiger charge is -2.38. The van der Waals surface area contributed by atoms with Gasteiger partial charge in [0.15, 0.2) is 0 Å². The summed E-state index contributed by atoms with van der Waals surface area (Å²) >= 11 is 0. The van der Waals surface area contributed by atoms with Gasteiger partial charge < -0.3 is 5.73 Å². The van der Waals surface area contributed by atoms with Crippen molar-refractivity contribution in [2.75, 3.05) is 6.54 Å². The molecule has 0 heterocycles. The Bertz CT molecular complexity index is 410. The van der Waals surface area contributed by atoms with Gasteiger partial charge in [0.25, 0.3) is 0 Å². The molecule has 112 valence electrons. The molecule has 1 nitrogen and oxygen atoms in total. The van der Waals surface area contributed by atoms with Gasteiger partial charge >= 0.3 is 0 Å². The van der Waals surface area contributed by atoms with Crippen molar-refractivity contribution < 1.29 is 0 Å². The molecule has 1 aromatic carbocycles. The summed E-state index contributed by atoms with van der Waals surface area (Å²) in [7, 11) is 0. The van der Waals surface area contributed by atoms with E-state index in [0.29, 0.717) is 11.8 Å². The van der Waals surface area contributed by atoms with Gasteiger partial charge in [-0.25, -0.2) is 0 Å². The first-order valence-corrected chi connectivity index (χ1v) is 8.44. The summed E-state index contributed by atoms with van der Waals surface area (Å²) in [5, 5.41) is 0. The van der Waals surface area contributed by atoms with E-state index in [1.165, 1.54) is 43.2 Å². The molecule has 20 heavy (non-hydrogen) atoms. The molecule has 0 amide bonds. The number of hydrogen-bond donors (Lipinski definition) is 1. The summed E-state index contributed by atoms with van der Waals surface area (Å²) < 4.78 is 0. The van der Waals surface area contributed by atoms with Crippen molar-refractivity contribution in [3.63, 3.8) is 0 Å². The molecular weight excluding hydrogens is 242 g/mol. The lowest BCUT2D eigenvalue weighted by Crippen LogP contribution is -2.30. The van der Waals surface area contributed by atoms with Crippen molar-refractivity contribution in [1.82, 2.24) is 0 Å². The van der Waals surface area contributed by atoms with Crippen molar-refractivity contribution in [2.24, 2.45) is 23.5 Å². The molecule has 0 saturated heterocycles. The maximum Gasteiger partial charge on any atom is -0.00430 e. The number of rotatable bonds is 5. The van der Waals surface area contributed by atoms with Crippen LogP contribution in [0, 0.1) is 17.8 Å². The molecule has 0 aliphatic heterocycles. The molecule has 3 unspecified atom stereocenters. The maximum atomic E-state index is 6.05. The van der Waals surface area contributed by atoms with E-state index in [9.17, 15) is 0 Å². The summed E-state index contributed by atoms with van der Waals surface area (Å²) in [5.41, 5.74) is 9.08. The van der Waals surface area contributed by atoms with Gasteiger partial charge in [-0.05, 0) is 67.0 Å². The third kappa shape index (κ3) is 3.63. The summed E-state index contributed by atoms with van der Waals surface area (Å²) in [4.78, 5) is 0. The molecule has 1 fully saturated rings. The Hall–Kier alpha value is -0.820. The van der Waals surface area contributed by atoms with Crippen LogP contribution in [0.2, 0.25) is 0 Å². The third-order valence-corrected chi connectivity index (χ3v) is 5.20. The van der Waals surface area contributed by atoms with Crippen LogP contribution in [0.1, 0.15) is 63.5 Å². The van der Waals surface area contributed by atoms with Crippen LogP contribution in [-0.4, -0.2) is 6.54 Å².